The standard InChI is InChI=1S/C22H41NO/c1-2-3-4-5-6-7-8-9-10-11-12-13-14-15-16-19-22(24)23-20-17-18-21-23/h9-10H,2-8,11-21H2,1H3/b10-9-. The third kappa shape index (κ3) is 11.7. The maximum absolute atomic E-state index is 11.9. The van der Waals surface area contributed by atoms with E-state index in [0.717, 1.165) is 25.9 Å². The highest BCUT2D eigenvalue weighted by molar-refractivity contribution is 5.76. The number of carbonyl (C=O) groups is 1. The highest BCUT2D eigenvalue weighted by Crippen LogP contribution is 2.13. The Morgan fingerprint density at radius 1 is 0.750 bits per heavy atom. The Morgan fingerprint density at radius 3 is 1.83 bits per heavy atom. The van der Waals surface area contributed by atoms with Gasteiger partial charge in [-0.3, -0.25) is 4.79 Å². The molecule has 1 aliphatic rings. The molecule has 0 bridgehead atoms. The molecule has 140 valence electrons. The number of amides is 1. The van der Waals surface area contributed by atoms with Crippen LogP contribution in [0.15, 0.2) is 12.2 Å². The largest absolute Gasteiger partial charge is 0.343 e. The summed E-state index contributed by atoms with van der Waals surface area (Å²) in [6.45, 7) is 4.28. The van der Waals surface area contributed by atoms with Crippen LogP contribution in [0.5, 0.6) is 0 Å². The lowest BCUT2D eigenvalue weighted by molar-refractivity contribution is -0.130. The molecule has 1 fully saturated rings. The molecule has 0 N–H and O–H groups in total. The van der Waals surface area contributed by atoms with E-state index in [1.807, 2.05) is 0 Å². The van der Waals surface area contributed by atoms with Gasteiger partial charge in [0.1, 0.15) is 0 Å². The summed E-state index contributed by atoms with van der Waals surface area (Å²) in [7, 11) is 0. The molecule has 0 aromatic heterocycles. The molecule has 1 heterocycles. The van der Waals surface area contributed by atoms with Crippen LogP contribution in [0.2, 0.25) is 0 Å². The second kappa shape index (κ2) is 15.7. The summed E-state index contributed by atoms with van der Waals surface area (Å²) in [6.07, 6.45) is 25.0. The first-order chi connectivity index (χ1) is 11.8. The summed E-state index contributed by atoms with van der Waals surface area (Å²) in [6, 6.07) is 0. The lowest BCUT2D eigenvalue weighted by Gasteiger charge is -2.14. The Hall–Kier alpha value is -0.790. The van der Waals surface area contributed by atoms with Crippen LogP contribution in [0.25, 0.3) is 0 Å². The van der Waals surface area contributed by atoms with Crippen molar-refractivity contribution in [3.8, 4) is 0 Å². The number of unbranched alkanes of at least 4 members (excludes halogenated alkanes) is 11. The zero-order chi connectivity index (χ0) is 17.3. The normalized spacial score (nSPS) is 14.8. The van der Waals surface area contributed by atoms with E-state index in [9.17, 15) is 4.79 Å². The van der Waals surface area contributed by atoms with Crippen molar-refractivity contribution in [2.45, 2.75) is 110 Å². The van der Waals surface area contributed by atoms with Gasteiger partial charge in [-0.05, 0) is 44.9 Å². The summed E-state index contributed by atoms with van der Waals surface area (Å²) in [5, 5.41) is 0. The first-order valence-corrected chi connectivity index (χ1v) is 10.8. The Kier molecular flexibility index (Phi) is 13.9. The molecule has 1 aliphatic heterocycles. The van der Waals surface area contributed by atoms with Gasteiger partial charge in [-0.1, -0.05) is 70.4 Å². The second-order valence-corrected chi connectivity index (χ2v) is 7.42. The Labute approximate surface area is 151 Å². The first-order valence-electron chi connectivity index (χ1n) is 10.8. The van der Waals surface area contributed by atoms with E-state index in [-0.39, 0.29) is 0 Å². The van der Waals surface area contributed by atoms with E-state index in [1.54, 1.807) is 0 Å². The predicted octanol–water partition coefficient (Wildman–Crippen LogP) is 6.65. The molecule has 0 saturated carbocycles. The monoisotopic (exact) mass is 335 g/mol. The number of allylic oxidation sites excluding steroid dienone is 2. The molecule has 0 radical (unpaired) electrons. The minimum atomic E-state index is 0.394. The van der Waals surface area contributed by atoms with E-state index >= 15 is 0 Å². The van der Waals surface area contributed by atoms with Gasteiger partial charge in [0, 0.05) is 19.5 Å². The molecule has 1 saturated heterocycles. The maximum atomic E-state index is 11.9. The van der Waals surface area contributed by atoms with Crippen molar-refractivity contribution >= 4 is 5.91 Å². The summed E-state index contributed by atoms with van der Waals surface area (Å²) < 4.78 is 0. The molecule has 0 aliphatic carbocycles. The molecule has 0 unspecified atom stereocenters. The van der Waals surface area contributed by atoms with Gasteiger partial charge in [-0.2, -0.15) is 0 Å². The van der Waals surface area contributed by atoms with Crippen LogP contribution in [0.4, 0.5) is 0 Å². The quantitative estimate of drug-likeness (QED) is 0.242. The molecule has 0 aromatic carbocycles. The zero-order valence-electron chi connectivity index (χ0n) is 16.2. The van der Waals surface area contributed by atoms with E-state index in [1.165, 1.54) is 89.9 Å². The van der Waals surface area contributed by atoms with Crippen molar-refractivity contribution < 1.29 is 4.79 Å². The van der Waals surface area contributed by atoms with E-state index in [4.69, 9.17) is 0 Å². The van der Waals surface area contributed by atoms with Gasteiger partial charge in [0.05, 0.1) is 0 Å². The Balaban J connectivity index is 1.77. The van der Waals surface area contributed by atoms with Gasteiger partial charge < -0.3 is 4.90 Å². The van der Waals surface area contributed by atoms with Gasteiger partial charge in [0.15, 0.2) is 0 Å². The van der Waals surface area contributed by atoms with Gasteiger partial charge >= 0.3 is 0 Å². The van der Waals surface area contributed by atoms with Crippen LogP contribution in [-0.4, -0.2) is 23.9 Å². The second-order valence-electron chi connectivity index (χ2n) is 7.42. The molecule has 0 atom stereocenters. The summed E-state index contributed by atoms with van der Waals surface area (Å²) in [4.78, 5) is 13.9. The number of likely N-dealkylation sites (tertiary alicyclic amines) is 1. The lowest BCUT2D eigenvalue weighted by atomic mass is 10.1. The smallest absolute Gasteiger partial charge is 0.222 e. The van der Waals surface area contributed by atoms with Crippen LogP contribution in [0.3, 0.4) is 0 Å². The summed E-state index contributed by atoms with van der Waals surface area (Å²) >= 11 is 0. The van der Waals surface area contributed by atoms with Gasteiger partial charge in [0.25, 0.3) is 0 Å². The summed E-state index contributed by atoms with van der Waals surface area (Å²) in [5.41, 5.74) is 0. The highest BCUT2D eigenvalue weighted by Gasteiger charge is 2.16. The van der Waals surface area contributed by atoms with Crippen molar-refractivity contribution in [2.75, 3.05) is 13.1 Å². The van der Waals surface area contributed by atoms with Crippen LogP contribution in [0.1, 0.15) is 110 Å². The SMILES string of the molecule is CCCCCCCC/C=C\CCCCCCCC(=O)N1CCCC1. The highest BCUT2D eigenvalue weighted by atomic mass is 16.2. The molecule has 24 heavy (non-hydrogen) atoms. The first kappa shape index (κ1) is 21.3. The number of carbonyl (C=O) groups excluding carboxylic acids is 1. The fraction of sp³-hybridized carbons (Fsp3) is 0.864. The topological polar surface area (TPSA) is 20.3 Å². The van der Waals surface area contributed by atoms with Crippen LogP contribution < -0.4 is 0 Å². The van der Waals surface area contributed by atoms with Crippen molar-refractivity contribution in [3.05, 3.63) is 12.2 Å². The van der Waals surface area contributed by atoms with Gasteiger partial charge in [-0.25, -0.2) is 0 Å². The molecular formula is C22H41NO. The minimum absolute atomic E-state index is 0.394. The molecule has 0 spiro atoms. The molecule has 1 rings (SSSR count). The van der Waals surface area contributed by atoms with Crippen molar-refractivity contribution in [2.24, 2.45) is 0 Å². The molecule has 2 heteroatoms. The fourth-order valence-corrected chi connectivity index (χ4v) is 3.47. The average molecular weight is 336 g/mol. The van der Waals surface area contributed by atoms with Gasteiger partial charge in [-0.15, -0.1) is 0 Å². The Bertz CT molecular complexity index is 318. The zero-order valence-corrected chi connectivity index (χ0v) is 16.2. The maximum Gasteiger partial charge on any atom is 0.222 e. The molecular weight excluding hydrogens is 294 g/mol. The van der Waals surface area contributed by atoms with Crippen LogP contribution in [0, 0.1) is 0 Å². The Morgan fingerprint density at radius 2 is 1.25 bits per heavy atom. The third-order valence-corrected chi connectivity index (χ3v) is 5.11. The summed E-state index contributed by atoms with van der Waals surface area (Å²) in [5.74, 6) is 0.394. The fourth-order valence-electron chi connectivity index (χ4n) is 3.47. The average Bonchev–Trinajstić information content (AvgIpc) is 3.13. The number of nitrogens with zero attached hydrogens (tertiary/aromatic N) is 1. The third-order valence-electron chi connectivity index (χ3n) is 5.11. The molecule has 2 nitrogen and oxygen atoms in total. The molecule has 1 amide bonds. The molecule has 0 aromatic rings. The van der Waals surface area contributed by atoms with Crippen molar-refractivity contribution in [1.82, 2.24) is 4.90 Å². The van der Waals surface area contributed by atoms with E-state index in [2.05, 4.69) is 24.0 Å². The number of hydrogen-bond donors (Lipinski definition) is 0. The minimum Gasteiger partial charge on any atom is -0.343 e. The van der Waals surface area contributed by atoms with Gasteiger partial charge in [0.2, 0.25) is 5.91 Å². The van der Waals surface area contributed by atoms with E-state index in [0.29, 0.717) is 5.91 Å². The predicted molar refractivity (Wildman–Crippen MR) is 105 cm³/mol. The van der Waals surface area contributed by atoms with Crippen LogP contribution >= 0.6 is 0 Å². The van der Waals surface area contributed by atoms with E-state index < -0.39 is 0 Å². The lowest BCUT2D eigenvalue weighted by Crippen LogP contribution is -2.27. The van der Waals surface area contributed by atoms with Crippen molar-refractivity contribution in [1.29, 1.82) is 0 Å². The van der Waals surface area contributed by atoms with Crippen LogP contribution in [-0.2, 0) is 4.79 Å². The number of rotatable bonds is 15. The number of hydrogen-bond acceptors (Lipinski definition) is 1. The van der Waals surface area contributed by atoms with Crippen molar-refractivity contribution in [3.63, 3.8) is 0 Å².